The number of hydrogen-bond acceptors (Lipinski definition) is 6. The molecule has 0 aromatic rings. The average Bonchev–Trinajstić information content (AvgIpc) is 3.37. The van der Waals surface area contributed by atoms with Gasteiger partial charge in [0.25, 0.3) is 0 Å². The Morgan fingerprint density at radius 2 is 0.465 bits per heavy atom. The lowest BCUT2D eigenvalue weighted by Gasteiger charge is -2.18. The Hall–Kier alpha value is -1.85. The van der Waals surface area contributed by atoms with Gasteiger partial charge >= 0.3 is 17.9 Å². The van der Waals surface area contributed by atoms with Gasteiger partial charge in [-0.3, -0.25) is 14.4 Å². The number of ether oxygens (including phenoxy) is 3. The highest BCUT2D eigenvalue weighted by molar-refractivity contribution is 5.71. The van der Waals surface area contributed by atoms with Crippen LogP contribution in [0.3, 0.4) is 0 Å². The summed E-state index contributed by atoms with van der Waals surface area (Å²) in [6.07, 6.45) is 71.1. The topological polar surface area (TPSA) is 78.9 Å². The van der Waals surface area contributed by atoms with Gasteiger partial charge in [-0.25, -0.2) is 0 Å². The molecular weight excluding hydrogens is 877 g/mol. The van der Waals surface area contributed by atoms with Gasteiger partial charge in [-0.2, -0.15) is 0 Å². The van der Waals surface area contributed by atoms with Crippen molar-refractivity contribution < 1.29 is 28.6 Å². The Labute approximate surface area is 443 Å². The molecule has 0 amide bonds. The van der Waals surface area contributed by atoms with Gasteiger partial charge in [-0.15, -0.1) is 0 Å². The molecule has 0 saturated carbocycles. The Bertz CT molecular complexity index is 1100. The maximum Gasteiger partial charge on any atom is 0.306 e. The van der Waals surface area contributed by atoms with Crippen LogP contribution in [0, 0.1) is 0 Å². The monoisotopic (exact) mass is 1000 g/mol. The van der Waals surface area contributed by atoms with Crippen molar-refractivity contribution in [3.8, 4) is 0 Å². The summed E-state index contributed by atoms with van der Waals surface area (Å²) in [5.74, 6) is -0.854. The van der Waals surface area contributed by atoms with Crippen molar-refractivity contribution >= 4 is 17.9 Å². The Kier molecular flexibility index (Phi) is 59.1. The second-order valence-corrected chi connectivity index (χ2v) is 22.0. The zero-order valence-electron chi connectivity index (χ0n) is 48.3. The Morgan fingerprint density at radius 3 is 0.732 bits per heavy atom. The number of unbranched alkanes of at least 4 members (excludes halogenated alkanes) is 47. The van der Waals surface area contributed by atoms with Gasteiger partial charge in [0.1, 0.15) is 13.2 Å². The predicted octanol–water partition coefficient (Wildman–Crippen LogP) is 21.7. The molecule has 0 radical (unpaired) electrons. The number of carbonyl (C=O) groups excluding carboxylic acids is 3. The summed E-state index contributed by atoms with van der Waals surface area (Å²) >= 11 is 0. The lowest BCUT2D eigenvalue weighted by Crippen LogP contribution is -2.30. The van der Waals surface area contributed by atoms with Crippen LogP contribution in [0.2, 0.25) is 0 Å². The quantitative estimate of drug-likeness (QED) is 0.0261. The molecule has 0 saturated heterocycles. The van der Waals surface area contributed by atoms with E-state index in [1.165, 1.54) is 263 Å². The van der Waals surface area contributed by atoms with Gasteiger partial charge in [-0.1, -0.05) is 315 Å². The molecule has 0 spiro atoms. The fourth-order valence-electron chi connectivity index (χ4n) is 9.91. The summed E-state index contributed by atoms with van der Waals surface area (Å²) in [6, 6.07) is 0. The molecule has 1 atom stereocenters. The summed E-state index contributed by atoms with van der Waals surface area (Å²) in [6.45, 7) is 6.66. The Morgan fingerprint density at radius 1 is 0.268 bits per heavy atom. The van der Waals surface area contributed by atoms with E-state index in [-0.39, 0.29) is 31.1 Å². The minimum atomic E-state index is -0.768. The van der Waals surface area contributed by atoms with Crippen molar-refractivity contribution in [2.24, 2.45) is 0 Å². The van der Waals surface area contributed by atoms with Crippen LogP contribution in [0.5, 0.6) is 0 Å². The van der Waals surface area contributed by atoms with E-state index < -0.39 is 6.10 Å². The van der Waals surface area contributed by atoms with Crippen LogP contribution in [-0.4, -0.2) is 37.2 Å². The highest BCUT2D eigenvalue weighted by atomic mass is 16.6. The van der Waals surface area contributed by atoms with Crippen LogP contribution in [0.15, 0.2) is 12.2 Å². The molecule has 6 nitrogen and oxygen atoms in total. The molecular formula is C65H124O6. The van der Waals surface area contributed by atoms with Crippen LogP contribution in [-0.2, 0) is 28.6 Å². The molecule has 0 bridgehead atoms. The van der Waals surface area contributed by atoms with Gasteiger partial charge in [0, 0.05) is 19.3 Å². The minimum absolute atomic E-state index is 0.0676. The molecule has 1 unspecified atom stereocenters. The largest absolute Gasteiger partial charge is 0.462 e. The fraction of sp³-hybridized carbons (Fsp3) is 0.923. The van der Waals surface area contributed by atoms with Crippen molar-refractivity contribution in [2.75, 3.05) is 13.2 Å². The van der Waals surface area contributed by atoms with Gasteiger partial charge in [-0.05, 0) is 44.9 Å². The highest BCUT2D eigenvalue weighted by Gasteiger charge is 2.19. The van der Waals surface area contributed by atoms with Crippen LogP contribution < -0.4 is 0 Å². The summed E-state index contributed by atoms with van der Waals surface area (Å²) < 4.78 is 16.9. The van der Waals surface area contributed by atoms with E-state index in [9.17, 15) is 14.4 Å². The van der Waals surface area contributed by atoms with Gasteiger partial charge < -0.3 is 14.2 Å². The molecule has 0 heterocycles. The average molecular weight is 1000 g/mol. The third kappa shape index (κ3) is 58.9. The normalized spacial score (nSPS) is 12.0. The lowest BCUT2D eigenvalue weighted by molar-refractivity contribution is -0.167. The van der Waals surface area contributed by atoms with E-state index in [1.807, 2.05) is 0 Å². The van der Waals surface area contributed by atoms with E-state index in [0.717, 1.165) is 64.2 Å². The van der Waals surface area contributed by atoms with E-state index in [1.54, 1.807) is 0 Å². The minimum Gasteiger partial charge on any atom is -0.462 e. The molecule has 420 valence electrons. The Balaban J connectivity index is 4.02. The molecule has 0 aromatic heterocycles. The van der Waals surface area contributed by atoms with E-state index in [4.69, 9.17) is 14.2 Å². The van der Waals surface area contributed by atoms with Crippen molar-refractivity contribution in [3.05, 3.63) is 12.2 Å². The van der Waals surface area contributed by atoms with Crippen molar-refractivity contribution in [1.29, 1.82) is 0 Å². The van der Waals surface area contributed by atoms with Gasteiger partial charge in [0.15, 0.2) is 6.10 Å². The van der Waals surface area contributed by atoms with E-state index in [0.29, 0.717) is 19.3 Å². The second-order valence-electron chi connectivity index (χ2n) is 22.0. The molecule has 71 heavy (non-hydrogen) atoms. The van der Waals surface area contributed by atoms with E-state index in [2.05, 4.69) is 32.9 Å². The predicted molar refractivity (Wildman–Crippen MR) is 307 cm³/mol. The molecule has 0 aliphatic carbocycles. The molecule has 0 rings (SSSR count). The van der Waals surface area contributed by atoms with Gasteiger partial charge in [0.05, 0.1) is 0 Å². The zero-order chi connectivity index (χ0) is 51.4. The fourth-order valence-corrected chi connectivity index (χ4v) is 9.91. The number of hydrogen-bond donors (Lipinski definition) is 0. The molecule has 0 aliphatic heterocycles. The molecule has 6 heteroatoms. The molecule has 0 N–H and O–H groups in total. The number of carbonyl (C=O) groups is 3. The first kappa shape index (κ1) is 69.2. The first-order valence-corrected chi connectivity index (χ1v) is 32.2. The third-order valence-electron chi connectivity index (χ3n) is 14.8. The standard InChI is InChI=1S/C65H124O6/c1-4-7-10-13-16-19-22-24-25-26-27-28-29-30-31-32-33-34-35-36-37-38-39-40-41-44-46-49-52-55-58-64(67)70-61-62(60-69-63(66)57-54-51-48-45-42-21-18-15-12-9-6-3)71-65(68)59-56-53-50-47-43-23-20-17-14-11-8-5-2/h17,20,62H,4-16,18-19,21-61H2,1-3H3/b20-17-. The summed E-state index contributed by atoms with van der Waals surface area (Å²) in [5, 5.41) is 0. The summed E-state index contributed by atoms with van der Waals surface area (Å²) in [4.78, 5) is 38.1. The summed E-state index contributed by atoms with van der Waals surface area (Å²) in [5.41, 5.74) is 0. The maximum absolute atomic E-state index is 12.8. The number of allylic oxidation sites excluding steroid dienone is 2. The zero-order valence-corrected chi connectivity index (χ0v) is 48.3. The third-order valence-corrected chi connectivity index (χ3v) is 14.8. The highest BCUT2D eigenvalue weighted by Crippen LogP contribution is 2.18. The number of rotatable bonds is 60. The maximum atomic E-state index is 12.8. The second kappa shape index (κ2) is 60.7. The first-order chi connectivity index (χ1) is 35.0. The smallest absolute Gasteiger partial charge is 0.306 e. The SMILES string of the molecule is CCCCC/C=C\CCCCCCCC(=O)OC(COC(=O)CCCCCCCCCCCCC)COC(=O)CCCCCCCCCCCCCCCCCCCCCCCCCCCCCCCC. The van der Waals surface area contributed by atoms with Crippen molar-refractivity contribution in [2.45, 2.75) is 374 Å². The van der Waals surface area contributed by atoms with Crippen LogP contribution in [0.25, 0.3) is 0 Å². The van der Waals surface area contributed by atoms with Gasteiger partial charge in [0.2, 0.25) is 0 Å². The van der Waals surface area contributed by atoms with Crippen molar-refractivity contribution in [3.63, 3.8) is 0 Å². The molecule has 0 aromatic carbocycles. The van der Waals surface area contributed by atoms with Crippen LogP contribution >= 0.6 is 0 Å². The van der Waals surface area contributed by atoms with E-state index >= 15 is 0 Å². The van der Waals surface area contributed by atoms with Crippen LogP contribution in [0.1, 0.15) is 367 Å². The first-order valence-electron chi connectivity index (χ1n) is 32.2. The number of esters is 3. The van der Waals surface area contributed by atoms with Crippen LogP contribution in [0.4, 0.5) is 0 Å². The summed E-state index contributed by atoms with van der Waals surface area (Å²) in [7, 11) is 0. The molecule has 0 fully saturated rings. The molecule has 0 aliphatic rings. The lowest BCUT2D eigenvalue weighted by atomic mass is 10.0. The van der Waals surface area contributed by atoms with Crippen molar-refractivity contribution in [1.82, 2.24) is 0 Å².